The van der Waals surface area contributed by atoms with Gasteiger partial charge in [-0.2, -0.15) is 0 Å². The van der Waals surface area contributed by atoms with Gasteiger partial charge in [0.2, 0.25) is 5.91 Å². The molecule has 26 heavy (non-hydrogen) atoms. The summed E-state index contributed by atoms with van der Waals surface area (Å²) in [5.41, 5.74) is 0.782. The normalized spacial score (nSPS) is 11.9. The van der Waals surface area contributed by atoms with E-state index < -0.39 is 0 Å². The van der Waals surface area contributed by atoms with Crippen LogP contribution in [0.2, 0.25) is 5.02 Å². The van der Waals surface area contributed by atoms with Crippen molar-refractivity contribution in [2.24, 2.45) is 0 Å². The van der Waals surface area contributed by atoms with Gasteiger partial charge in [0.15, 0.2) is 0 Å². The van der Waals surface area contributed by atoms with Crippen LogP contribution < -0.4 is 10.6 Å². The molecule has 0 aliphatic rings. The maximum Gasteiger partial charge on any atom is 0.238 e. The molecule has 1 heterocycles. The van der Waals surface area contributed by atoms with Crippen molar-refractivity contribution in [2.45, 2.75) is 22.8 Å². The lowest BCUT2D eigenvalue weighted by Crippen LogP contribution is -2.30. The molecular formula is C20H19ClN2O2S. The number of anilines is 1. The molecule has 0 spiro atoms. The average Bonchev–Trinajstić information content (AvgIpc) is 3.18. The molecule has 0 fully saturated rings. The molecule has 1 atom stereocenters. The van der Waals surface area contributed by atoms with Crippen LogP contribution in [-0.2, 0) is 4.79 Å². The maximum atomic E-state index is 12.3. The first-order chi connectivity index (χ1) is 12.6. The van der Waals surface area contributed by atoms with Gasteiger partial charge in [0.1, 0.15) is 5.76 Å². The maximum absolute atomic E-state index is 12.3. The SMILES string of the molecule is C[C@H](NCC(=O)Nc1ccccc1Sc1ccc(Cl)cc1)c1ccco1. The molecule has 3 aromatic rings. The fourth-order valence-electron chi connectivity index (χ4n) is 2.37. The number of carbonyl (C=O) groups excluding carboxylic acids is 1. The first-order valence-corrected chi connectivity index (χ1v) is 9.40. The van der Waals surface area contributed by atoms with Crippen molar-refractivity contribution in [3.05, 3.63) is 77.7 Å². The number of carbonyl (C=O) groups is 1. The van der Waals surface area contributed by atoms with Crippen LogP contribution in [0, 0.1) is 0 Å². The van der Waals surface area contributed by atoms with E-state index in [1.54, 1.807) is 18.0 Å². The highest BCUT2D eigenvalue weighted by Gasteiger charge is 2.11. The molecule has 2 N–H and O–H groups in total. The molecule has 0 aliphatic heterocycles. The van der Waals surface area contributed by atoms with Crippen LogP contribution in [0.4, 0.5) is 5.69 Å². The monoisotopic (exact) mass is 386 g/mol. The molecule has 1 aromatic heterocycles. The van der Waals surface area contributed by atoms with Crippen LogP contribution in [0.15, 0.2) is 81.1 Å². The first kappa shape index (κ1) is 18.6. The minimum Gasteiger partial charge on any atom is -0.468 e. The number of benzene rings is 2. The first-order valence-electron chi connectivity index (χ1n) is 8.21. The van der Waals surface area contributed by atoms with Gasteiger partial charge < -0.3 is 9.73 Å². The molecule has 6 heteroatoms. The largest absolute Gasteiger partial charge is 0.468 e. The van der Waals surface area contributed by atoms with Crippen LogP contribution in [-0.4, -0.2) is 12.5 Å². The number of halogens is 1. The second kappa shape index (κ2) is 8.94. The van der Waals surface area contributed by atoms with Crippen molar-refractivity contribution >= 4 is 35.0 Å². The van der Waals surface area contributed by atoms with Crippen molar-refractivity contribution in [3.8, 4) is 0 Å². The molecule has 0 unspecified atom stereocenters. The highest BCUT2D eigenvalue weighted by molar-refractivity contribution is 7.99. The van der Waals surface area contributed by atoms with Crippen LogP contribution in [0.1, 0.15) is 18.7 Å². The second-order valence-electron chi connectivity index (χ2n) is 5.72. The van der Waals surface area contributed by atoms with Crippen LogP contribution in [0.3, 0.4) is 0 Å². The van der Waals surface area contributed by atoms with E-state index in [1.807, 2.05) is 67.6 Å². The Kier molecular flexibility index (Phi) is 6.39. The van der Waals surface area contributed by atoms with Gasteiger partial charge in [-0.05, 0) is 55.5 Å². The summed E-state index contributed by atoms with van der Waals surface area (Å²) in [6.07, 6.45) is 1.62. The van der Waals surface area contributed by atoms with Crippen LogP contribution in [0.5, 0.6) is 0 Å². The molecule has 134 valence electrons. The highest BCUT2D eigenvalue weighted by atomic mass is 35.5. The molecular weight excluding hydrogens is 368 g/mol. The Balaban J connectivity index is 1.60. The van der Waals surface area contributed by atoms with Gasteiger partial charge >= 0.3 is 0 Å². The quantitative estimate of drug-likeness (QED) is 0.572. The molecule has 1 amide bonds. The zero-order valence-corrected chi connectivity index (χ0v) is 15.8. The third kappa shape index (κ3) is 5.14. The fraction of sp³-hybridized carbons (Fsp3) is 0.150. The van der Waals surface area contributed by atoms with Gasteiger partial charge in [-0.1, -0.05) is 35.5 Å². The van der Waals surface area contributed by atoms with Crippen molar-refractivity contribution in [3.63, 3.8) is 0 Å². The van der Waals surface area contributed by atoms with Gasteiger partial charge in [-0.25, -0.2) is 0 Å². The van der Waals surface area contributed by atoms with E-state index in [0.717, 1.165) is 21.2 Å². The summed E-state index contributed by atoms with van der Waals surface area (Å²) in [6.45, 7) is 2.15. The summed E-state index contributed by atoms with van der Waals surface area (Å²) >= 11 is 7.51. The van der Waals surface area contributed by atoms with Crippen LogP contribution >= 0.6 is 23.4 Å². The number of amides is 1. The third-order valence-electron chi connectivity index (χ3n) is 3.74. The minimum absolute atomic E-state index is 0.0329. The number of nitrogens with one attached hydrogen (secondary N) is 2. The van der Waals surface area contributed by atoms with E-state index in [9.17, 15) is 4.79 Å². The predicted octanol–water partition coefficient (Wildman–Crippen LogP) is 5.37. The lowest BCUT2D eigenvalue weighted by atomic mass is 10.2. The Hall–Kier alpha value is -2.21. The molecule has 0 radical (unpaired) electrons. The second-order valence-corrected chi connectivity index (χ2v) is 7.27. The van der Waals surface area contributed by atoms with E-state index >= 15 is 0 Å². The van der Waals surface area contributed by atoms with Gasteiger partial charge in [0.05, 0.1) is 24.5 Å². The summed E-state index contributed by atoms with van der Waals surface area (Å²) in [5.74, 6) is 0.698. The van der Waals surface area contributed by atoms with E-state index in [-0.39, 0.29) is 18.5 Å². The number of rotatable bonds is 7. The molecule has 0 bridgehead atoms. The third-order valence-corrected chi connectivity index (χ3v) is 5.08. The highest BCUT2D eigenvalue weighted by Crippen LogP contribution is 2.33. The molecule has 2 aromatic carbocycles. The molecule has 0 saturated carbocycles. The van der Waals surface area contributed by atoms with Crippen molar-refractivity contribution in [1.29, 1.82) is 0 Å². The zero-order chi connectivity index (χ0) is 18.4. The smallest absolute Gasteiger partial charge is 0.238 e. The summed E-state index contributed by atoms with van der Waals surface area (Å²) in [5, 5.41) is 6.82. The topological polar surface area (TPSA) is 54.3 Å². The molecule has 4 nitrogen and oxygen atoms in total. The van der Waals surface area contributed by atoms with E-state index in [2.05, 4.69) is 10.6 Å². The summed E-state index contributed by atoms with van der Waals surface area (Å²) in [6, 6.07) is 19.0. The van der Waals surface area contributed by atoms with E-state index in [1.165, 1.54) is 0 Å². The lowest BCUT2D eigenvalue weighted by Gasteiger charge is -2.13. The zero-order valence-electron chi connectivity index (χ0n) is 14.2. The predicted molar refractivity (Wildman–Crippen MR) is 106 cm³/mol. The molecule has 3 rings (SSSR count). The van der Waals surface area contributed by atoms with Gasteiger partial charge in [-0.15, -0.1) is 0 Å². The lowest BCUT2D eigenvalue weighted by molar-refractivity contribution is -0.115. The molecule has 0 aliphatic carbocycles. The van der Waals surface area contributed by atoms with E-state index in [0.29, 0.717) is 5.02 Å². The Morgan fingerprint density at radius 2 is 1.88 bits per heavy atom. The van der Waals surface area contributed by atoms with Gasteiger partial charge in [-0.3, -0.25) is 10.1 Å². The molecule has 0 saturated heterocycles. The Morgan fingerprint density at radius 3 is 2.62 bits per heavy atom. The average molecular weight is 387 g/mol. The number of hydrogen-bond donors (Lipinski definition) is 2. The van der Waals surface area contributed by atoms with Gasteiger partial charge in [0.25, 0.3) is 0 Å². The van der Waals surface area contributed by atoms with Gasteiger partial charge in [0, 0.05) is 14.8 Å². The summed E-state index contributed by atoms with van der Waals surface area (Å²) < 4.78 is 5.33. The fourth-order valence-corrected chi connectivity index (χ4v) is 3.39. The van der Waals surface area contributed by atoms with E-state index in [4.69, 9.17) is 16.0 Å². The number of para-hydroxylation sites is 1. The Morgan fingerprint density at radius 1 is 1.12 bits per heavy atom. The summed E-state index contributed by atoms with van der Waals surface area (Å²) in [7, 11) is 0. The standard InChI is InChI=1S/C20H19ClN2O2S/c1-14(18-6-4-12-25-18)22-13-20(24)23-17-5-2-3-7-19(17)26-16-10-8-15(21)9-11-16/h2-12,14,22H,13H2,1H3,(H,23,24)/t14-/m0/s1. The van der Waals surface area contributed by atoms with Crippen LogP contribution in [0.25, 0.3) is 0 Å². The van der Waals surface area contributed by atoms with Crippen molar-refractivity contribution in [1.82, 2.24) is 5.32 Å². The van der Waals surface area contributed by atoms with Crippen molar-refractivity contribution in [2.75, 3.05) is 11.9 Å². The Labute approximate surface area is 161 Å². The van der Waals surface area contributed by atoms with Crippen molar-refractivity contribution < 1.29 is 9.21 Å². The minimum atomic E-state index is -0.104. The Bertz CT molecular complexity index is 851. The number of furan rings is 1. The number of hydrogen-bond acceptors (Lipinski definition) is 4. The summed E-state index contributed by atoms with van der Waals surface area (Å²) in [4.78, 5) is 14.3.